The first-order valence-corrected chi connectivity index (χ1v) is 4.50. The Balaban J connectivity index is 4.62. The number of rotatable bonds is 3. The zero-order chi connectivity index (χ0) is 10.6. The number of hydrogen-bond acceptors (Lipinski definition) is 2. The SMILES string of the molecule is COC(C(=O)C=C(C)C)C(C)(C)C. The smallest absolute Gasteiger partial charge is 0.184 e. The lowest BCUT2D eigenvalue weighted by Gasteiger charge is -2.27. The van der Waals surface area contributed by atoms with Gasteiger partial charge in [0.2, 0.25) is 0 Å². The third-order valence-corrected chi connectivity index (χ3v) is 1.71. The minimum absolute atomic E-state index is 0.0509. The first-order valence-electron chi connectivity index (χ1n) is 4.50. The van der Waals surface area contributed by atoms with Crippen molar-refractivity contribution in [3.8, 4) is 0 Å². The van der Waals surface area contributed by atoms with Gasteiger partial charge in [0.05, 0.1) is 0 Å². The van der Waals surface area contributed by atoms with Crippen molar-refractivity contribution in [1.82, 2.24) is 0 Å². The third-order valence-electron chi connectivity index (χ3n) is 1.71. The molecule has 0 N–H and O–H groups in total. The Labute approximate surface area is 81.0 Å². The molecule has 0 aliphatic heterocycles. The molecule has 0 saturated carbocycles. The molecule has 0 fully saturated rings. The molecule has 76 valence electrons. The van der Waals surface area contributed by atoms with Gasteiger partial charge in [-0.15, -0.1) is 0 Å². The van der Waals surface area contributed by atoms with Gasteiger partial charge in [-0.3, -0.25) is 4.79 Å². The summed E-state index contributed by atoms with van der Waals surface area (Å²) in [6, 6.07) is 0. The average Bonchev–Trinajstić information content (AvgIpc) is 1.82. The van der Waals surface area contributed by atoms with E-state index in [9.17, 15) is 4.79 Å². The van der Waals surface area contributed by atoms with Gasteiger partial charge in [-0.05, 0) is 25.3 Å². The Bertz CT molecular complexity index is 205. The lowest BCUT2D eigenvalue weighted by molar-refractivity contribution is -0.129. The minimum atomic E-state index is -0.345. The van der Waals surface area contributed by atoms with Gasteiger partial charge in [0, 0.05) is 7.11 Å². The van der Waals surface area contributed by atoms with Crippen molar-refractivity contribution in [1.29, 1.82) is 0 Å². The van der Waals surface area contributed by atoms with Gasteiger partial charge in [-0.2, -0.15) is 0 Å². The van der Waals surface area contributed by atoms with Crippen LogP contribution in [0.2, 0.25) is 0 Å². The highest BCUT2D eigenvalue weighted by Gasteiger charge is 2.29. The van der Waals surface area contributed by atoms with Crippen LogP contribution in [0.3, 0.4) is 0 Å². The molecule has 0 rings (SSSR count). The van der Waals surface area contributed by atoms with E-state index in [-0.39, 0.29) is 17.3 Å². The predicted molar refractivity (Wildman–Crippen MR) is 54.7 cm³/mol. The van der Waals surface area contributed by atoms with E-state index in [1.807, 2.05) is 34.6 Å². The molecule has 0 aromatic carbocycles. The molecule has 2 nitrogen and oxygen atoms in total. The summed E-state index contributed by atoms with van der Waals surface area (Å²) in [6.07, 6.45) is 1.29. The number of ketones is 1. The summed E-state index contributed by atoms with van der Waals surface area (Å²) in [5.74, 6) is 0.0509. The maximum Gasteiger partial charge on any atom is 0.184 e. The van der Waals surface area contributed by atoms with Gasteiger partial charge < -0.3 is 4.74 Å². The van der Waals surface area contributed by atoms with E-state index in [1.54, 1.807) is 13.2 Å². The molecule has 0 bridgehead atoms. The molecule has 1 unspecified atom stereocenters. The zero-order valence-electron chi connectivity index (χ0n) is 9.47. The van der Waals surface area contributed by atoms with E-state index in [2.05, 4.69) is 0 Å². The minimum Gasteiger partial charge on any atom is -0.373 e. The predicted octanol–water partition coefficient (Wildman–Crippen LogP) is 2.58. The van der Waals surface area contributed by atoms with Crippen LogP contribution in [-0.2, 0) is 9.53 Å². The van der Waals surface area contributed by atoms with Crippen molar-refractivity contribution in [2.45, 2.75) is 40.7 Å². The van der Waals surface area contributed by atoms with Crippen molar-refractivity contribution in [2.24, 2.45) is 5.41 Å². The molecule has 2 heteroatoms. The Morgan fingerprint density at radius 3 is 2.00 bits per heavy atom. The van der Waals surface area contributed by atoms with Crippen LogP contribution in [-0.4, -0.2) is 19.0 Å². The summed E-state index contributed by atoms with van der Waals surface area (Å²) in [5, 5.41) is 0. The number of allylic oxidation sites excluding steroid dienone is 1. The summed E-state index contributed by atoms with van der Waals surface area (Å²) < 4.78 is 5.18. The molecule has 0 aliphatic carbocycles. The van der Waals surface area contributed by atoms with E-state index in [0.717, 1.165) is 5.57 Å². The molecule has 0 spiro atoms. The second kappa shape index (κ2) is 4.56. The van der Waals surface area contributed by atoms with E-state index in [1.165, 1.54) is 0 Å². The number of carbonyl (C=O) groups is 1. The fourth-order valence-corrected chi connectivity index (χ4v) is 1.26. The zero-order valence-corrected chi connectivity index (χ0v) is 9.47. The number of ether oxygens (including phenoxy) is 1. The van der Waals surface area contributed by atoms with Crippen molar-refractivity contribution < 1.29 is 9.53 Å². The fraction of sp³-hybridized carbons (Fsp3) is 0.727. The maximum atomic E-state index is 11.6. The van der Waals surface area contributed by atoms with E-state index in [0.29, 0.717) is 0 Å². The molecule has 0 heterocycles. The molecular formula is C11H20O2. The van der Waals surface area contributed by atoms with E-state index < -0.39 is 0 Å². The number of carbonyl (C=O) groups excluding carboxylic acids is 1. The second-order valence-corrected chi connectivity index (χ2v) is 4.61. The molecule has 0 aromatic heterocycles. The second-order valence-electron chi connectivity index (χ2n) is 4.61. The fourth-order valence-electron chi connectivity index (χ4n) is 1.26. The van der Waals surface area contributed by atoms with Crippen LogP contribution in [0.5, 0.6) is 0 Å². The third kappa shape index (κ3) is 4.23. The molecule has 0 saturated heterocycles. The summed E-state index contributed by atoms with van der Waals surface area (Å²) in [5.41, 5.74) is 0.869. The molecule has 0 radical (unpaired) electrons. The van der Waals surface area contributed by atoms with Crippen LogP contribution in [0.15, 0.2) is 11.6 Å². The Morgan fingerprint density at radius 1 is 1.31 bits per heavy atom. The van der Waals surface area contributed by atoms with Crippen molar-refractivity contribution in [3.63, 3.8) is 0 Å². The first-order chi connectivity index (χ1) is 5.79. The highest BCUT2D eigenvalue weighted by Crippen LogP contribution is 2.23. The van der Waals surface area contributed by atoms with Crippen molar-refractivity contribution >= 4 is 5.78 Å². The average molecular weight is 184 g/mol. The summed E-state index contributed by atoms with van der Waals surface area (Å²) in [7, 11) is 1.58. The Morgan fingerprint density at radius 2 is 1.77 bits per heavy atom. The lowest BCUT2D eigenvalue weighted by Crippen LogP contribution is -2.35. The first kappa shape index (κ1) is 12.4. The lowest BCUT2D eigenvalue weighted by atomic mass is 9.86. The summed E-state index contributed by atoms with van der Waals surface area (Å²) in [4.78, 5) is 11.6. The highest BCUT2D eigenvalue weighted by molar-refractivity contribution is 5.94. The molecule has 13 heavy (non-hydrogen) atoms. The van der Waals surface area contributed by atoms with Gasteiger partial charge in [0.1, 0.15) is 6.10 Å². The molecule has 0 amide bonds. The summed E-state index contributed by atoms with van der Waals surface area (Å²) in [6.45, 7) is 9.81. The van der Waals surface area contributed by atoms with Crippen molar-refractivity contribution in [2.75, 3.05) is 7.11 Å². The molecule has 1 atom stereocenters. The number of hydrogen-bond donors (Lipinski definition) is 0. The highest BCUT2D eigenvalue weighted by atomic mass is 16.5. The molecule has 0 aromatic rings. The van der Waals surface area contributed by atoms with Gasteiger partial charge in [-0.1, -0.05) is 26.3 Å². The normalized spacial score (nSPS) is 13.7. The topological polar surface area (TPSA) is 26.3 Å². The molecular weight excluding hydrogens is 164 g/mol. The van der Waals surface area contributed by atoms with Crippen LogP contribution >= 0.6 is 0 Å². The monoisotopic (exact) mass is 184 g/mol. The van der Waals surface area contributed by atoms with Crippen LogP contribution < -0.4 is 0 Å². The van der Waals surface area contributed by atoms with Crippen LogP contribution in [0, 0.1) is 5.41 Å². The quantitative estimate of drug-likeness (QED) is 0.630. The van der Waals surface area contributed by atoms with E-state index >= 15 is 0 Å². The molecule has 0 aliphatic rings. The van der Waals surface area contributed by atoms with Crippen LogP contribution in [0.1, 0.15) is 34.6 Å². The maximum absolute atomic E-state index is 11.6. The van der Waals surface area contributed by atoms with Crippen molar-refractivity contribution in [3.05, 3.63) is 11.6 Å². The van der Waals surface area contributed by atoms with E-state index in [4.69, 9.17) is 4.74 Å². The standard InChI is InChI=1S/C11H20O2/c1-8(2)7-9(12)10(13-6)11(3,4)5/h7,10H,1-6H3. The summed E-state index contributed by atoms with van der Waals surface area (Å²) >= 11 is 0. The largest absolute Gasteiger partial charge is 0.373 e. The Hall–Kier alpha value is -0.630. The van der Waals surface area contributed by atoms with Gasteiger partial charge >= 0.3 is 0 Å². The van der Waals surface area contributed by atoms with Crippen LogP contribution in [0.4, 0.5) is 0 Å². The van der Waals surface area contributed by atoms with Gasteiger partial charge in [-0.25, -0.2) is 0 Å². The number of methoxy groups -OCH3 is 1. The van der Waals surface area contributed by atoms with Gasteiger partial charge in [0.25, 0.3) is 0 Å². The van der Waals surface area contributed by atoms with Gasteiger partial charge in [0.15, 0.2) is 5.78 Å². The Kier molecular flexibility index (Phi) is 4.34. The van der Waals surface area contributed by atoms with Crippen LogP contribution in [0.25, 0.3) is 0 Å².